The number of hydrogen-bond acceptors (Lipinski definition) is 5. The van der Waals surface area contributed by atoms with Crippen molar-refractivity contribution < 1.29 is 26.8 Å². The standard InChI is InChI=1S/C22H26F2N4O4S/c23-21(24)33(31,32)19-12-5-4-11-18(19)27-20(29)15-28-13-7-6-10-17(28)14-25-22(30)26-16-8-2-1-3-9-16/h1-5,8-9,11-12,17,21H,6-7,10,13-15H2,(H,27,29)(H2,25,26,30). The van der Waals surface area contributed by atoms with Gasteiger partial charge < -0.3 is 16.0 Å². The maximum atomic E-state index is 13.0. The Labute approximate surface area is 191 Å². The molecule has 3 amide bonds. The lowest BCUT2D eigenvalue weighted by atomic mass is 10.0. The van der Waals surface area contributed by atoms with E-state index >= 15 is 0 Å². The molecule has 11 heteroatoms. The summed E-state index contributed by atoms with van der Waals surface area (Å²) in [7, 11) is -4.86. The number of sulfone groups is 1. The summed E-state index contributed by atoms with van der Waals surface area (Å²) in [5.74, 6) is -4.11. The lowest BCUT2D eigenvalue weighted by Gasteiger charge is -2.35. The number of halogens is 2. The number of carbonyl (C=O) groups is 2. The number of nitrogens with zero attached hydrogens (tertiary/aromatic N) is 1. The molecule has 3 rings (SSSR count). The van der Waals surface area contributed by atoms with Gasteiger partial charge in [0.15, 0.2) is 0 Å². The number of alkyl halides is 2. The highest BCUT2D eigenvalue weighted by Gasteiger charge is 2.30. The average molecular weight is 481 g/mol. The molecule has 0 aromatic heterocycles. The normalized spacial score (nSPS) is 16.9. The van der Waals surface area contributed by atoms with Crippen LogP contribution in [0.5, 0.6) is 0 Å². The van der Waals surface area contributed by atoms with Crippen molar-refractivity contribution in [2.24, 2.45) is 0 Å². The highest BCUT2D eigenvalue weighted by atomic mass is 32.2. The zero-order valence-corrected chi connectivity index (χ0v) is 18.7. The summed E-state index contributed by atoms with van der Waals surface area (Å²) in [4.78, 5) is 26.1. The van der Waals surface area contributed by atoms with Gasteiger partial charge in [0, 0.05) is 18.3 Å². The highest BCUT2D eigenvalue weighted by molar-refractivity contribution is 7.91. The summed E-state index contributed by atoms with van der Waals surface area (Å²) in [6.07, 6.45) is 2.59. The van der Waals surface area contributed by atoms with Gasteiger partial charge in [-0.25, -0.2) is 13.2 Å². The van der Waals surface area contributed by atoms with Crippen LogP contribution < -0.4 is 16.0 Å². The molecule has 178 valence electrons. The molecule has 2 aromatic rings. The van der Waals surface area contributed by atoms with Crippen molar-refractivity contribution in [2.75, 3.05) is 30.3 Å². The van der Waals surface area contributed by atoms with Gasteiger partial charge in [-0.1, -0.05) is 36.8 Å². The van der Waals surface area contributed by atoms with Crippen molar-refractivity contribution in [3.05, 3.63) is 54.6 Å². The third-order valence-electron chi connectivity index (χ3n) is 5.33. The monoisotopic (exact) mass is 480 g/mol. The number of benzene rings is 2. The Morgan fingerprint density at radius 3 is 2.42 bits per heavy atom. The van der Waals surface area contributed by atoms with Crippen LogP contribution in [0.15, 0.2) is 59.5 Å². The van der Waals surface area contributed by atoms with Crippen molar-refractivity contribution >= 4 is 33.2 Å². The Bertz CT molecular complexity index is 1070. The Hall–Kier alpha value is -3.05. The maximum Gasteiger partial charge on any atom is 0.341 e. The van der Waals surface area contributed by atoms with E-state index in [0.29, 0.717) is 18.8 Å². The minimum absolute atomic E-state index is 0.0598. The Morgan fingerprint density at radius 1 is 1.00 bits per heavy atom. The fourth-order valence-corrected chi connectivity index (χ4v) is 4.58. The van der Waals surface area contributed by atoms with E-state index in [-0.39, 0.29) is 24.3 Å². The quantitative estimate of drug-likeness (QED) is 0.537. The van der Waals surface area contributed by atoms with Gasteiger partial charge >= 0.3 is 11.8 Å². The number of likely N-dealkylation sites (tertiary alicyclic amines) is 1. The molecule has 1 fully saturated rings. The number of para-hydroxylation sites is 2. The lowest BCUT2D eigenvalue weighted by molar-refractivity contribution is -0.118. The molecule has 0 radical (unpaired) electrons. The fourth-order valence-electron chi connectivity index (χ4n) is 3.69. The zero-order chi connectivity index (χ0) is 23.8. The van der Waals surface area contributed by atoms with E-state index in [9.17, 15) is 26.8 Å². The molecule has 1 unspecified atom stereocenters. The lowest BCUT2D eigenvalue weighted by Crippen LogP contribution is -2.49. The summed E-state index contributed by atoms with van der Waals surface area (Å²) < 4.78 is 49.8. The Balaban J connectivity index is 1.59. The van der Waals surface area contributed by atoms with Crippen LogP contribution in [-0.4, -0.2) is 56.7 Å². The second-order valence-electron chi connectivity index (χ2n) is 7.67. The highest BCUT2D eigenvalue weighted by Crippen LogP contribution is 2.26. The van der Waals surface area contributed by atoms with E-state index in [4.69, 9.17) is 0 Å². The van der Waals surface area contributed by atoms with Crippen LogP contribution in [0.4, 0.5) is 25.0 Å². The van der Waals surface area contributed by atoms with Crippen LogP contribution >= 0.6 is 0 Å². The van der Waals surface area contributed by atoms with Crippen LogP contribution in [-0.2, 0) is 14.6 Å². The van der Waals surface area contributed by atoms with Crippen LogP contribution in [0.25, 0.3) is 0 Å². The number of urea groups is 1. The molecule has 1 aliphatic heterocycles. The van der Waals surface area contributed by atoms with Crippen molar-refractivity contribution in [3.8, 4) is 0 Å². The molecule has 1 atom stereocenters. The van der Waals surface area contributed by atoms with Crippen LogP contribution in [0, 0.1) is 0 Å². The van der Waals surface area contributed by atoms with E-state index in [1.54, 1.807) is 12.1 Å². The molecule has 8 nitrogen and oxygen atoms in total. The summed E-state index contributed by atoms with van der Waals surface area (Å²) in [6.45, 7) is 0.884. The first kappa shape index (κ1) is 24.6. The number of nitrogens with one attached hydrogen (secondary N) is 3. The predicted octanol–water partition coefficient (Wildman–Crippen LogP) is 3.30. The third kappa shape index (κ3) is 6.72. The Kier molecular flexibility index (Phi) is 8.34. The number of carbonyl (C=O) groups excluding carboxylic acids is 2. The number of hydrogen-bond donors (Lipinski definition) is 3. The Morgan fingerprint density at radius 2 is 1.70 bits per heavy atom. The third-order valence-corrected chi connectivity index (χ3v) is 6.77. The molecule has 1 saturated heterocycles. The van der Waals surface area contributed by atoms with Gasteiger partial charge in [-0.15, -0.1) is 0 Å². The van der Waals surface area contributed by atoms with Gasteiger partial charge in [0.25, 0.3) is 0 Å². The second kappa shape index (κ2) is 11.2. The van der Waals surface area contributed by atoms with Crippen molar-refractivity contribution in [2.45, 2.75) is 36.0 Å². The van der Waals surface area contributed by atoms with Gasteiger partial charge in [0.05, 0.1) is 17.1 Å². The molecular formula is C22H26F2N4O4S. The number of amides is 3. The number of anilines is 2. The van der Waals surface area contributed by atoms with Crippen LogP contribution in [0.3, 0.4) is 0 Å². The smallest absolute Gasteiger partial charge is 0.336 e. The molecule has 1 aliphatic rings. The summed E-state index contributed by atoms with van der Waals surface area (Å²) >= 11 is 0. The first-order valence-electron chi connectivity index (χ1n) is 10.5. The van der Waals surface area contributed by atoms with Crippen LogP contribution in [0.1, 0.15) is 19.3 Å². The summed E-state index contributed by atoms with van der Waals surface area (Å²) in [5, 5.41) is 7.99. The van der Waals surface area contributed by atoms with Crippen molar-refractivity contribution in [1.82, 2.24) is 10.2 Å². The second-order valence-corrected chi connectivity index (χ2v) is 9.56. The van der Waals surface area contributed by atoms with Gasteiger partial charge in [-0.05, 0) is 43.7 Å². The van der Waals surface area contributed by atoms with Crippen molar-refractivity contribution in [3.63, 3.8) is 0 Å². The van der Waals surface area contributed by atoms with E-state index in [1.165, 1.54) is 18.2 Å². The molecule has 3 N–H and O–H groups in total. The van der Waals surface area contributed by atoms with E-state index in [0.717, 1.165) is 25.3 Å². The zero-order valence-electron chi connectivity index (χ0n) is 17.8. The maximum absolute atomic E-state index is 13.0. The molecule has 1 heterocycles. The van der Waals surface area contributed by atoms with Crippen LogP contribution in [0.2, 0.25) is 0 Å². The minimum Gasteiger partial charge on any atom is -0.336 e. The first-order chi connectivity index (χ1) is 15.8. The topological polar surface area (TPSA) is 108 Å². The molecule has 0 saturated carbocycles. The molecule has 33 heavy (non-hydrogen) atoms. The predicted molar refractivity (Wildman–Crippen MR) is 121 cm³/mol. The number of rotatable bonds is 8. The SMILES string of the molecule is O=C(CN1CCCCC1CNC(=O)Nc1ccccc1)Nc1ccccc1S(=O)(=O)C(F)F. The minimum atomic E-state index is -4.86. The summed E-state index contributed by atoms with van der Waals surface area (Å²) in [6, 6.07) is 13.6. The number of piperidine rings is 1. The van der Waals surface area contributed by atoms with Gasteiger partial charge in [-0.3, -0.25) is 9.69 Å². The first-order valence-corrected chi connectivity index (χ1v) is 12.1. The summed E-state index contributed by atoms with van der Waals surface area (Å²) in [5.41, 5.74) is 0.476. The average Bonchev–Trinajstić information content (AvgIpc) is 2.79. The van der Waals surface area contributed by atoms with E-state index in [1.807, 2.05) is 23.1 Å². The van der Waals surface area contributed by atoms with E-state index in [2.05, 4.69) is 16.0 Å². The van der Waals surface area contributed by atoms with Gasteiger partial charge in [-0.2, -0.15) is 8.78 Å². The molecule has 2 aromatic carbocycles. The molecular weight excluding hydrogens is 454 g/mol. The fraction of sp³-hybridized carbons (Fsp3) is 0.364. The molecule has 0 spiro atoms. The van der Waals surface area contributed by atoms with E-state index < -0.39 is 26.4 Å². The molecule has 0 aliphatic carbocycles. The van der Waals surface area contributed by atoms with Gasteiger partial charge in [0.2, 0.25) is 15.7 Å². The largest absolute Gasteiger partial charge is 0.341 e. The molecule has 0 bridgehead atoms. The van der Waals surface area contributed by atoms with Crippen molar-refractivity contribution in [1.29, 1.82) is 0 Å². The van der Waals surface area contributed by atoms with Gasteiger partial charge in [0.1, 0.15) is 0 Å².